The van der Waals surface area contributed by atoms with Gasteiger partial charge in [-0.3, -0.25) is 4.79 Å². The summed E-state index contributed by atoms with van der Waals surface area (Å²) in [6.07, 6.45) is 3.62. The van der Waals surface area contributed by atoms with Gasteiger partial charge in [-0.15, -0.1) is 0 Å². The third-order valence-corrected chi connectivity index (χ3v) is 4.54. The van der Waals surface area contributed by atoms with E-state index in [0.29, 0.717) is 31.4 Å². The lowest BCUT2D eigenvalue weighted by atomic mass is 10.1. The maximum Gasteiger partial charge on any atom is 0.253 e. The molecule has 3 aromatic rings. The van der Waals surface area contributed by atoms with Crippen molar-refractivity contribution in [2.45, 2.75) is 32.5 Å². The summed E-state index contributed by atoms with van der Waals surface area (Å²) < 4.78 is 10.9. The van der Waals surface area contributed by atoms with Crippen LogP contribution < -0.4 is 0 Å². The topological polar surface area (TPSA) is 84.3 Å². The first kappa shape index (κ1) is 15.8. The average Bonchev–Trinajstić information content (AvgIpc) is 3.27. The fourth-order valence-electron chi connectivity index (χ4n) is 3.18. The number of amides is 1. The molecule has 0 saturated carbocycles. The number of ether oxygens (including phenoxy) is 1. The van der Waals surface area contributed by atoms with Gasteiger partial charge in [-0.2, -0.15) is 4.98 Å². The van der Waals surface area contributed by atoms with Crippen molar-refractivity contribution in [2.75, 3.05) is 13.1 Å². The van der Waals surface area contributed by atoms with Crippen molar-refractivity contribution in [1.82, 2.24) is 20.0 Å². The van der Waals surface area contributed by atoms with E-state index in [0.717, 1.165) is 29.3 Å². The lowest BCUT2D eigenvalue weighted by Gasteiger charge is -2.31. The van der Waals surface area contributed by atoms with Crippen LogP contribution in [-0.2, 0) is 11.3 Å². The molecule has 25 heavy (non-hydrogen) atoms. The molecular formula is C18H20N4O3. The van der Waals surface area contributed by atoms with E-state index in [-0.39, 0.29) is 12.0 Å². The molecule has 7 heteroatoms. The summed E-state index contributed by atoms with van der Waals surface area (Å²) in [7, 11) is 0. The smallest absolute Gasteiger partial charge is 0.253 e. The predicted octanol–water partition coefficient (Wildman–Crippen LogP) is 2.68. The molecule has 1 aromatic carbocycles. The summed E-state index contributed by atoms with van der Waals surface area (Å²) in [5, 5.41) is 4.80. The van der Waals surface area contributed by atoms with Crippen molar-refractivity contribution in [1.29, 1.82) is 0 Å². The molecule has 1 fully saturated rings. The van der Waals surface area contributed by atoms with Crippen LogP contribution in [0.25, 0.3) is 10.9 Å². The number of fused-ring (bicyclic) bond motifs is 1. The van der Waals surface area contributed by atoms with E-state index in [1.165, 1.54) is 0 Å². The zero-order chi connectivity index (χ0) is 17.2. The highest BCUT2D eigenvalue weighted by Gasteiger charge is 2.24. The fraction of sp³-hybridized carbons (Fsp3) is 0.389. The van der Waals surface area contributed by atoms with Gasteiger partial charge in [0.2, 0.25) is 0 Å². The number of hydrogen-bond donors (Lipinski definition) is 1. The van der Waals surface area contributed by atoms with Gasteiger partial charge in [-0.25, -0.2) is 0 Å². The number of carbonyl (C=O) groups excluding carboxylic acids is 1. The number of likely N-dealkylation sites (tertiary alicyclic amines) is 1. The van der Waals surface area contributed by atoms with Gasteiger partial charge in [0.1, 0.15) is 6.61 Å². The molecule has 0 spiro atoms. The van der Waals surface area contributed by atoms with E-state index < -0.39 is 0 Å². The SMILES string of the molecule is Cc1noc(COC2CCN(C(=O)c3ccc4[nH]ccc4c3)CC2)n1. The van der Waals surface area contributed by atoms with Crippen molar-refractivity contribution in [2.24, 2.45) is 0 Å². The molecule has 0 unspecified atom stereocenters. The first-order valence-corrected chi connectivity index (χ1v) is 8.46. The minimum Gasteiger partial charge on any atom is -0.368 e. The van der Waals surface area contributed by atoms with Crippen LogP contribution in [0.2, 0.25) is 0 Å². The molecule has 130 valence electrons. The Morgan fingerprint density at radius 3 is 2.96 bits per heavy atom. The van der Waals surface area contributed by atoms with Crippen molar-refractivity contribution in [3.8, 4) is 0 Å². The van der Waals surface area contributed by atoms with E-state index in [9.17, 15) is 4.79 Å². The molecule has 1 aliphatic heterocycles. The van der Waals surface area contributed by atoms with Crippen LogP contribution in [-0.4, -0.2) is 45.1 Å². The van der Waals surface area contributed by atoms with Crippen LogP contribution in [0.5, 0.6) is 0 Å². The first-order chi connectivity index (χ1) is 12.2. The summed E-state index contributed by atoms with van der Waals surface area (Å²) in [5.74, 6) is 1.18. The summed E-state index contributed by atoms with van der Waals surface area (Å²) in [5.41, 5.74) is 1.77. The number of aromatic nitrogens is 3. The van der Waals surface area contributed by atoms with Gasteiger partial charge in [0, 0.05) is 35.8 Å². The first-order valence-electron chi connectivity index (χ1n) is 8.46. The van der Waals surface area contributed by atoms with Crippen LogP contribution in [0, 0.1) is 6.92 Å². The average molecular weight is 340 g/mol. The molecule has 0 aliphatic carbocycles. The Kier molecular flexibility index (Phi) is 4.23. The molecule has 1 amide bonds. The molecule has 2 aromatic heterocycles. The van der Waals surface area contributed by atoms with Crippen LogP contribution >= 0.6 is 0 Å². The second-order valence-corrected chi connectivity index (χ2v) is 6.32. The number of H-pyrrole nitrogens is 1. The highest BCUT2D eigenvalue weighted by Crippen LogP contribution is 2.20. The highest BCUT2D eigenvalue weighted by molar-refractivity contribution is 5.98. The largest absolute Gasteiger partial charge is 0.368 e. The summed E-state index contributed by atoms with van der Waals surface area (Å²) >= 11 is 0. The van der Waals surface area contributed by atoms with E-state index in [2.05, 4.69) is 15.1 Å². The Bertz CT molecular complexity index is 877. The Labute approximate surface area is 145 Å². The Morgan fingerprint density at radius 2 is 2.20 bits per heavy atom. The molecule has 1 aliphatic rings. The second-order valence-electron chi connectivity index (χ2n) is 6.32. The van der Waals surface area contributed by atoms with Crippen molar-refractivity contribution >= 4 is 16.8 Å². The summed E-state index contributed by atoms with van der Waals surface area (Å²) in [4.78, 5) is 21.9. The van der Waals surface area contributed by atoms with Gasteiger partial charge in [0.05, 0.1) is 6.10 Å². The lowest BCUT2D eigenvalue weighted by molar-refractivity contribution is -0.00977. The van der Waals surface area contributed by atoms with E-state index in [4.69, 9.17) is 9.26 Å². The molecule has 4 rings (SSSR count). The number of aryl methyl sites for hydroxylation is 1. The summed E-state index contributed by atoms with van der Waals surface area (Å²) in [6.45, 7) is 3.49. The Balaban J connectivity index is 1.32. The summed E-state index contributed by atoms with van der Waals surface area (Å²) in [6, 6.07) is 7.74. The van der Waals surface area contributed by atoms with E-state index >= 15 is 0 Å². The maximum atomic E-state index is 12.7. The number of hydrogen-bond acceptors (Lipinski definition) is 5. The Morgan fingerprint density at radius 1 is 1.36 bits per heavy atom. The van der Waals surface area contributed by atoms with Crippen molar-refractivity contribution in [3.63, 3.8) is 0 Å². The molecular weight excluding hydrogens is 320 g/mol. The normalized spacial score (nSPS) is 15.8. The van der Waals surface area contributed by atoms with Crippen LogP contribution in [0.3, 0.4) is 0 Å². The van der Waals surface area contributed by atoms with Gasteiger partial charge in [0.25, 0.3) is 11.8 Å². The molecule has 0 atom stereocenters. The lowest BCUT2D eigenvalue weighted by Crippen LogP contribution is -2.40. The van der Waals surface area contributed by atoms with Crippen LogP contribution in [0.1, 0.15) is 34.9 Å². The molecule has 7 nitrogen and oxygen atoms in total. The van der Waals surface area contributed by atoms with Gasteiger partial charge in [-0.1, -0.05) is 5.16 Å². The van der Waals surface area contributed by atoms with Gasteiger partial charge < -0.3 is 19.1 Å². The van der Waals surface area contributed by atoms with Crippen LogP contribution in [0.15, 0.2) is 35.0 Å². The minimum atomic E-state index is 0.0778. The number of piperidine rings is 1. The molecule has 1 saturated heterocycles. The van der Waals surface area contributed by atoms with Gasteiger partial charge in [-0.05, 0) is 44.0 Å². The molecule has 3 heterocycles. The third kappa shape index (κ3) is 3.41. The zero-order valence-corrected chi connectivity index (χ0v) is 14.1. The number of aromatic amines is 1. The number of nitrogens with one attached hydrogen (secondary N) is 1. The molecule has 0 bridgehead atoms. The third-order valence-electron chi connectivity index (χ3n) is 4.54. The standard InChI is InChI=1S/C18H20N4O3/c1-12-20-17(25-21-12)11-24-15-5-8-22(9-6-15)18(23)14-2-3-16-13(10-14)4-7-19-16/h2-4,7,10,15,19H,5-6,8-9,11H2,1H3. The molecule has 1 N–H and O–H groups in total. The monoisotopic (exact) mass is 340 g/mol. The van der Waals surface area contributed by atoms with Crippen LogP contribution in [0.4, 0.5) is 0 Å². The van der Waals surface area contributed by atoms with E-state index in [1.807, 2.05) is 35.4 Å². The van der Waals surface area contributed by atoms with Crippen molar-refractivity contribution in [3.05, 3.63) is 47.7 Å². The second kappa shape index (κ2) is 6.68. The maximum absolute atomic E-state index is 12.7. The number of rotatable bonds is 4. The quantitative estimate of drug-likeness (QED) is 0.789. The number of benzene rings is 1. The minimum absolute atomic E-state index is 0.0778. The van der Waals surface area contributed by atoms with Gasteiger partial charge >= 0.3 is 0 Å². The van der Waals surface area contributed by atoms with Crippen molar-refractivity contribution < 1.29 is 14.1 Å². The molecule has 0 radical (unpaired) electrons. The van der Waals surface area contributed by atoms with Gasteiger partial charge in [0.15, 0.2) is 5.82 Å². The fourth-order valence-corrected chi connectivity index (χ4v) is 3.18. The van der Waals surface area contributed by atoms with E-state index in [1.54, 1.807) is 6.92 Å². The Hall–Kier alpha value is -2.67. The zero-order valence-electron chi connectivity index (χ0n) is 14.1. The highest BCUT2D eigenvalue weighted by atomic mass is 16.5. The number of nitrogens with zero attached hydrogens (tertiary/aromatic N) is 3. The number of carbonyl (C=O) groups is 1. The predicted molar refractivity (Wildman–Crippen MR) is 91.0 cm³/mol.